The van der Waals surface area contributed by atoms with Gasteiger partial charge >= 0.3 is 0 Å². The summed E-state index contributed by atoms with van der Waals surface area (Å²) in [4.78, 5) is 6.06. The van der Waals surface area contributed by atoms with E-state index in [2.05, 4.69) is 64.7 Å². The van der Waals surface area contributed by atoms with Gasteiger partial charge in [0.25, 0.3) is 0 Å². The smallest absolute Gasteiger partial charge is 0.161 e. The zero-order chi connectivity index (χ0) is 22.3. The Balaban J connectivity index is 1.58. The zero-order valence-electron chi connectivity index (χ0n) is 19.7. The van der Waals surface area contributed by atoms with Gasteiger partial charge in [-0.05, 0) is 75.1 Å². The number of benzene rings is 2. The number of ether oxygens (including phenoxy) is 2. The number of hydrogen-bond acceptors (Lipinski definition) is 4. The van der Waals surface area contributed by atoms with Crippen LogP contribution in [0.1, 0.15) is 50.2 Å². The highest BCUT2D eigenvalue weighted by Crippen LogP contribution is 2.36. The first-order valence-corrected chi connectivity index (χ1v) is 12.1. The van der Waals surface area contributed by atoms with E-state index in [-0.39, 0.29) is 5.92 Å². The number of fused-ring (bicyclic) bond motifs is 1. The maximum atomic E-state index is 5.76. The van der Waals surface area contributed by atoms with Gasteiger partial charge in [0.2, 0.25) is 0 Å². The van der Waals surface area contributed by atoms with Crippen molar-refractivity contribution in [3.05, 3.63) is 59.8 Å². The van der Waals surface area contributed by atoms with E-state index in [1.807, 2.05) is 13.0 Å². The van der Waals surface area contributed by atoms with Crippen molar-refractivity contribution in [1.29, 1.82) is 0 Å². The average Bonchev–Trinajstić information content (AvgIpc) is 3.25. The SMILES string of the molecule is CCCN1CCC(NC[C@H](c2ccc(OCC)c(OC)c2)c2c[nH]c3ccccc23)CC1. The number of nitrogens with zero attached hydrogens (tertiary/aromatic N) is 1. The molecule has 0 bridgehead atoms. The van der Waals surface area contributed by atoms with Gasteiger partial charge in [-0.1, -0.05) is 31.2 Å². The van der Waals surface area contributed by atoms with Crippen LogP contribution in [-0.4, -0.2) is 55.8 Å². The predicted molar refractivity (Wildman–Crippen MR) is 132 cm³/mol. The Bertz CT molecular complexity index is 991. The van der Waals surface area contributed by atoms with Gasteiger partial charge in [0.15, 0.2) is 11.5 Å². The second-order valence-electron chi connectivity index (χ2n) is 8.71. The Labute approximate surface area is 192 Å². The number of para-hydroxylation sites is 1. The van der Waals surface area contributed by atoms with E-state index < -0.39 is 0 Å². The molecular formula is C27H37N3O2. The summed E-state index contributed by atoms with van der Waals surface area (Å²) in [5.74, 6) is 1.82. The van der Waals surface area contributed by atoms with Crippen molar-refractivity contribution in [3.8, 4) is 11.5 Å². The summed E-state index contributed by atoms with van der Waals surface area (Å²) in [5, 5.41) is 5.18. The highest BCUT2D eigenvalue weighted by Gasteiger charge is 2.23. The van der Waals surface area contributed by atoms with Crippen LogP contribution in [0.2, 0.25) is 0 Å². The first kappa shape index (κ1) is 22.7. The van der Waals surface area contributed by atoms with E-state index in [4.69, 9.17) is 9.47 Å². The molecule has 2 N–H and O–H groups in total. The fourth-order valence-electron chi connectivity index (χ4n) is 4.93. The lowest BCUT2D eigenvalue weighted by molar-refractivity contribution is 0.198. The largest absolute Gasteiger partial charge is 0.493 e. The Kier molecular flexibility index (Phi) is 7.72. The Morgan fingerprint density at radius 2 is 1.91 bits per heavy atom. The van der Waals surface area contributed by atoms with Crippen LogP contribution in [0.25, 0.3) is 10.9 Å². The van der Waals surface area contributed by atoms with Crippen molar-refractivity contribution in [2.75, 3.05) is 39.9 Å². The summed E-state index contributed by atoms with van der Waals surface area (Å²) in [6.07, 6.45) is 5.84. The van der Waals surface area contributed by atoms with Crippen LogP contribution in [0.4, 0.5) is 0 Å². The lowest BCUT2D eigenvalue weighted by Gasteiger charge is -2.33. The quantitative estimate of drug-likeness (QED) is 0.461. The van der Waals surface area contributed by atoms with Crippen LogP contribution in [0.5, 0.6) is 11.5 Å². The van der Waals surface area contributed by atoms with E-state index in [1.165, 1.54) is 60.9 Å². The summed E-state index contributed by atoms with van der Waals surface area (Å²) >= 11 is 0. The molecule has 32 heavy (non-hydrogen) atoms. The molecule has 1 fully saturated rings. The molecule has 0 amide bonds. The maximum absolute atomic E-state index is 5.76. The van der Waals surface area contributed by atoms with E-state index in [1.54, 1.807) is 7.11 Å². The van der Waals surface area contributed by atoms with E-state index in [0.29, 0.717) is 12.6 Å². The van der Waals surface area contributed by atoms with Gasteiger partial charge in [-0.25, -0.2) is 0 Å². The number of rotatable bonds is 10. The minimum Gasteiger partial charge on any atom is -0.493 e. The van der Waals surface area contributed by atoms with E-state index in [0.717, 1.165) is 18.0 Å². The lowest BCUT2D eigenvalue weighted by Crippen LogP contribution is -2.43. The van der Waals surface area contributed by atoms with Crippen molar-refractivity contribution in [3.63, 3.8) is 0 Å². The fourth-order valence-corrected chi connectivity index (χ4v) is 4.93. The molecule has 1 aromatic heterocycles. The van der Waals surface area contributed by atoms with Crippen LogP contribution >= 0.6 is 0 Å². The summed E-state index contributed by atoms with van der Waals surface area (Å²) in [7, 11) is 1.71. The number of hydrogen-bond donors (Lipinski definition) is 2. The molecule has 1 aliphatic rings. The molecule has 0 saturated carbocycles. The van der Waals surface area contributed by atoms with Gasteiger partial charge in [0, 0.05) is 35.6 Å². The second kappa shape index (κ2) is 10.9. The average molecular weight is 436 g/mol. The Morgan fingerprint density at radius 1 is 1.09 bits per heavy atom. The molecule has 1 saturated heterocycles. The summed E-state index contributed by atoms with van der Waals surface area (Å²) in [6.45, 7) is 9.40. The Morgan fingerprint density at radius 3 is 2.66 bits per heavy atom. The highest BCUT2D eigenvalue weighted by atomic mass is 16.5. The molecule has 0 aliphatic carbocycles. The van der Waals surface area contributed by atoms with Crippen LogP contribution in [0.15, 0.2) is 48.7 Å². The van der Waals surface area contributed by atoms with Crippen molar-refractivity contribution in [2.24, 2.45) is 0 Å². The molecule has 1 atom stereocenters. The monoisotopic (exact) mass is 435 g/mol. The van der Waals surface area contributed by atoms with Gasteiger partial charge in [0.1, 0.15) is 0 Å². The molecule has 5 nitrogen and oxygen atoms in total. The molecule has 0 spiro atoms. The number of H-pyrrole nitrogens is 1. The number of aromatic amines is 1. The normalized spacial score (nSPS) is 16.3. The first-order chi connectivity index (χ1) is 15.7. The minimum absolute atomic E-state index is 0.226. The van der Waals surface area contributed by atoms with Crippen LogP contribution in [-0.2, 0) is 0 Å². The van der Waals surface area contributed by atoms with Crippen molar-refractivity contribution >= 4 is 10.9 Å². The van der Waals surface area contributed by atoms with Gasteiger partial charge in [-0.15, -0.1) is 0 Å². The third-order valence-corrected chi connectivity index (χ3v) is 6.62. The summed E-state index contributed by atoms with van der Waals surface area (Å²) in [6, 6.07) is 15.5. The lowest BCUT2D eigenvalue weighted by atomic mass is 9.90. The van der Waals surface area contributed by atoms with Crippen molar-refractivity contribution in [1.82, 2.24) is 15.2 Å². The van der Waals surface area contributed by atoms with Crippen molar-refractivity contribution in [2.45, 2.75) is 45.1 Å². The van der Waals surface area contributed by atoms with Crippen LogP contribution in [0.3, 0.4) is 0 Å². The van der Waals surface area contributed by atoms with E-state index in [9.17, 15) is 0 Å². The zero-order valence-corrected chi connectivity index (χ0v) is 19.7. The molecule has 2 aromatic carbocycles. The number of methoxy groups -OCH3 is 1. The Hall–Kier alpha value is -2.50. The molecule has 172 valence electrons. The third kappa shape index (κ3) is 5.11. The topological polar surface area (TPSA) is 49.5 Å². The van der Waals surface area contributed by atoms with Gasteiger partial charge in [-0.2, -0.15) is 0 Å². The second-order valence-corrected chi connectivity index (χ2v) is 8.71. The standard InChI is InChI=1S/C27H37N3O2/c1-4-14-30-15-12-21(13-16-30)28-18-23(24-19-29-25-9-7-6-8-22(24)25)20-10-11-26(32-5-2)27(17-20)31-3/h6-11,17,19,21,23,28-29H,4-5,12-16,18H2,1-3H3/t23-/m1/s1. The minimum atomic E-state index is 0.226. The van der Waals surface area contributed by atoms with Crippen LogP contribution in [0, 0.1) is 0 Å². The summed E-state index contributed by atoms with van der Waals surface area (Å²) in [5.41, 5.74) is 3.74. The number of likely N-dealkylation sites (tertiary alicyclic amines) is 1. The molecule has 0 radical (unpaired) electrons. The number of aromatic nitrogens is 1. The predicted octanol–water partition coefficient (Wildman–Crippen LogP) is 5.17. The highest BCUT2D eigenvalue weighted by molar-refractivity contribution is 5.84. The molecule has 0 unspecified atom stereocenters. The first-order valence-electron chi connectivity index (χ1n) is 12.1. The molecular weight excluding hydrogens is 398 g/mol. The van der Waals surface area contributed by atoms with Gasteiger partial charge in [-0.3, -0.25) is 0 Å². The van der Waals surface area contributed by atoms with Crippen molar-refractivity contribution < 1.29 is 9.47 Å². The molecule has 3 aromatic rings. The molecule has 4 rings (SSSR count). The fraction of sp³-hybridized carbons (Fsp3) is 0.481. The maximum Gasteiger partial charge on any atom is 0.161 e. The van der Waals surface area contributed by atoms with Gasteiger partial charge < -0.3 is 24.7 Å². The number of nitrogens with one attached hydrogen (secondary N) is 2. The number of piperidine rings is 1. The summed E-state index contributed by atoms with van der Waals surface area (Å²) < 4.78 is 11.4. The van der Waals surface area contributed by atoms with E-state index >= 15 is 0 Å². The molecule has 2 heterocycles. The third-order valence-electron chi connectivity index (χ3n) is 6.62. The molecule has 1 aliphatic heterocycles. The van der Waals surface area contributed by atoms with Crippen LogP contribution < -0.4 is 14.8 Å². The van der Waals surface area contributed by atoms with Gasteiger partial charge in [0.05, 0.1) is 13.7 Å². The molecule has 5 heteroatoms.